The second-order valence-corrected chi connectivity index (χ2v) is 5.85. The van der Waals surface area contributed by atoms with Crippen molar-refractivity contribution in [3.8, 4) is 0 Å². The van der Waals surface area contributed by atoms with Crippen molar-refractivity contribution in [3.63, 3.8) is 0 Å². The molecule has 0 spiro atoms. The molecule has 0 bridgehead atoms. The highest BCUT2D eigenvalue weighted by Gasteiger charge is 2.33. The Labute approximate surface area is 146 Å². The Bertz CT molecular complexity index is 751. The number of carbonyl (C=O) groups is 2. The second-order valence-electron chi connectivity index (χ2n) is 5.85. The molecule has 130 valence electrons. The highest BCUT2D eigenvalue weighted by atomic mass is 16.5. The molecule has 2 amide bonds. The van der Waals surface area contributed by atoms with Crippen LogP contribution in [0.2, 0.25) is 0 Å². The van der Waals surface area contributed by atoms with Gasteiger partial charge < -0.3 is 15.0 Å². The lowest BCUT2D eigenvalue weighted by Gasteiger charge is -2.34. The van der Waals surface area contributed by atoms with Gasteiger partial charge in [0.25, 0.3) is 0 Å². The molecular weight excluding hydrogens is 320 g/mol. The van der Waals surface area contributed by atoms with E-state index in [0.717, 1.165) is 11.3 Å². The van der Waals surface area contributed by atoms with Crippen LogP contribution < -0.4 is 5.32 Å². The molecule has 2 aromatic rings. The molecule has 1 aliphatic rings. The lowest BCUT2D eigenvalue weighted by Crippen LogP contribution is -2.55. The number of hydrogen-bond acceptors (Lipinski definition) is 5. The SMILES string of the molecule is Cc1nccc(CNC(=O)[C@@H]2COCC(=O)N2Cc2ccccc2)n1. The number of rotatable bonds is 5. The smallest absolute Gasteiger partial charge is 0.249 e. The minimum atomic E-state index is -0.649. The molecular formula is C18H20N4O3. The van der Waals surface area contributed by atoms with Crippen molar-refractivity contribution in [2.75, 3.05) is 13.2 Å². The number of nitrogens with zero attached hydrogens (tertiary/aromatic N) is 3. The van der Waals surface area contributed by atoms with Crippen LogP contribution in [0.1, 0.15) is 17.1 Å². The topological polar surface area (TPSA) is 84.4 Å². The predicted molar refractivity (Wildman–Crippen MR) is 90.2 cm³/mol. The number of morpholine rings is 1. The summed E-state index contributed by atoms with van der Waals surface area (Å²) in [4.78, 5) is 34.7. The van der Waals surface area contributed by atoms with Gasteiger partial charge in [-0.25, -0.2) is 9.97 Å². The average molecular weight is 340 g/mol. The second kappa shape index (κ2) is 7.85. The number of aryl methyl sites for hydroxylation is 1. The van der Waals surface area contributed by atoms with Crippen molar-refractivity contribution >= 4 is 11.8 Å². The summed E-state index contributed by atoms with van der Waals surface area (Å²) in [5.74, 6) is 0.210. The van der Waals surface area contributed by atoms with Gasteiger partial charge in [0, 0.05) is 12.7 Å². The molecule has 2 heterocycles. The van der Waals surface area contributed by atoms with Crippen molar-refractivity contribution in [2.45, 2.75) is 26.1 Å². The Morgan fingerprint density at radius 3 is 2.88 bits per heavy atom. The van der Waals surface area contributed by atoms with Gasteiger partial charge in [0.05, 0.1) is 18.8 Å². The van der Waals surface area contributed by atoms with Gasteiger partial charge in [-0.3, -0.25) is 9.59 Å². The molecule has 1 N–H and O–H groups in total. The first-order valence-corrected chi connectivity index (χ1v) is 8.11. The summed E-state index contributed by atoms with van der Waals surface area (Å²) in [7, 11) is 0. The summed E-state index contributed by atoms with van der Waals surface area (Å²) in [6, 6.07) is 10.7. The van der Waals surface area contributed by atoms with Crippen LogP contribution in [-0.2, 0) is 27.4 Å². The number of amides is 2. The molecule has 7 nitrogen and oxygen atoms in total. The molecule has 1 aliphatic heterocycles. The Morgan fingerprint density at radius 2 is 2.12 bits per heavy atom. The quantitative estimate of drug-likeness (QED) is 0.871. The monoisotopic (exact) mass is 340 g/mol. The summed E-state index contributed by atoms with van der Waals surface area (Å²) in [5.41, 5.74) is 1.69. The summed E-state index contributed by atoms with van der Waals surface area (Å²) < 4.78 is 5.28. The van der Waals surface area contributed by atoms with Crippen molar-refractivity contribution in [3.05, 3.63) is 59.7 Å². The van der Waals surface area contributed by atoms with E-state index in [0.29, 0.717) is 12.4 Å². The number of aromatic nitrogens is 2. The number of ether oxygens (including phenoxy) is 1. The summed E-state index contributed by atoms with van der Waals surface area (Å²) in [6.45, 7) is 2.65. The van der Waals surface area contributed by atoms with E-state index in [9.17, 15) is 9.59 Å². The molecule has 0 aliphatic carbocycles. The third-order valence-electron chi connectivity index (χ3n) is 3.97. The van der Waals surface area contributed by atoms with E-state index in [1.807, 2.05) is 30.3 Å². The lowest BCUT2D eigenvalue weighted by atomic mass is 10.1. The van der Waals surface area contributed by atoms with E-state index in [-0.39, 0.29) is 31.6 Å². The maximum atomic E-state index is 12.6. The normalized spacial score (nSPS) is 17.4. The van der Waals surface area contributed by atoms with Crippen molar-refractivity contribution in [2.24, 2.45) is 0 Å². The zero-order valence-electron chi connectivity index (χ0n) is 14.0. The van der Waals surface area contributed by atoms with E-state index < -0.39 is 6.04 Å². The largest absolute Gasteiger partial charge is 0.369 e. The first-order valence-electron chi connectivity index (χ1n) is 8.11. The van der Waals surface area contributed by atoms with E-state index in [4.69, 9.17) is 4.74 Å². The zero-order chi connectivity index (χ0) is 17.6. The lowest BCUT2D eigenvalue weighted by molar-refractivity contribution is -0.155. The highest BCUT2D eigenvalue weighted by molar-refractivity contribution is 5.89. The van der Waals surface area contributed by atoms with Gasteiger partial charge in [-0.15, -0.1) is 0 Å². The van der Waals surface area contributed by atoms with Gasteiger partial charge in [0.1, 0.15) is 18.5 Å². The van der Waals surface area contributed by atoms with Crippen molar-refractivity contribution in [1.29, 1.82) is 0 Å². The van der Waals surface area contributed by atoms with Crippen LogP contribution in [0, 0.1) is 6.92 Å². The predicted octanol–water partition coefficient (Wildman–Crippen LogP) is 0.829. The fraction of sp³-hybridized carbons (Fsp3) is 0.333. The molecule has 1 aromatic heterocycles. The third-order valence-corrected chi connectivity index (χ3v) is 3.97. The number of nitrogens with one attached hydrogen (secondary N) is 1. The van der Waals surface area contributed by atoms with E-state index in [1.165, 1.54) is 0 Å². The first kappa shape index (κ1) is 17.0. The number of benzene rings is 1. The zero-order valence-corrected chi connectivity index (χ0v) is 14.0. The molecule has 1 saturated heterocycles. The Hall–Kier alpha value is -2.80. The number of carbonyl (C=O) groups excluding carboxylic acids is 2. The van der Waals surface area contributed by atoms with Crippen LogP contribution in [0.3, 0.4) is 0 Å². The standard InChI is InChI=1S/C18H20N4O3/c1-13-19-8-7-15(21-13)9-20-18(24)16-11-25-12-17(23)22(16)10-14-5-3-2-4-6-14/h2-8,16H,9-12H2,1H3,(H,20,24)/t16-/m0/s1. The highest BCUT2D eigenvalue weighted by Crippen LogP contribution is 2.14. The Balaban J connectivity index is 1.67. The van der Waals surface area contributed by atoms with Crippen LogP contribution >= 0.6 is 0 Å². The Kier molecular flexibility index (Phi) is 5.35. The van der Waals surface area contributed by atoms with Gasteiger partial charge in [-0.1, -0.05) is 30.3 Å². The van der Waals surface area contributed by atoms with Crippen LogP contribution in [0.5, 0.6) is 0 Å². The van der Waals surface area contributed by atoms with Gasteiger partial charge in [0.15, 0.2) is 0 Å². The molecule has 3 rings (SSSR count). The fourth-order valence-corrected chi connectivity index (χ4v) is 2.70. The molecule has 0 saturated carbocycles. The molecule has 0 unspecified atom stereocenters. The maximum Gasteiger partial charge on any atom is 0.249 e. The third kappa shape index (κ3) is 4.39. The van der Waals surface area contributed by atoms with E-state index >= 15 is 0 Å². The van der Waals surface area contributed by atoms with Crippen LogP contribution in [0.15, 0.2) is 42.6 Å². The fourth-order valence-electron chi connectivity index (χ4n) is 2.70. The van der Waals surface area contributed by atoms with Gasteiger partial charge >= 0.3 is 0 Å². The minimum Gasteiger partial charge on any atom is -0.369 e. The first-order chi connectivity index (χ1) is 12.1. The van der Waals surface area contributed by atoms with Gasteiger partial charge in [0.2, 0.25) is 11.8 Å². The van der Waals surface area contributed by atoms with Gasteiger partial charge in [-0.2, -0.15) is 0 Å². The van der Waals surface area contributed by atoms with Crippen LogP contribution in [-0.4, -0.2) is 45.9 Å². The van der Waals surface area contributed by atoms with E-state index in [2.05, 4.69) is 15.3 Å². The van der Waals surface area contributed by atoms with Crippen molar-refractivity contribution < 1.29 is 14.3 Å². The molecule has 1 aromatic carbocycles. The van der Waals surface area contributed by atoms with Crippen LogP contribution in [0.4, 0.5) is 0 Å². The maximum absolute atomic E-state index is 12.6. The van der Waals surface area contributed by atoms with Gasteiger partial charge in [-0.05, 0) is 18.6 Å². The molecule has 0 radical (unpaired) electrons. The molecule has 1 fully saturated rings. The van der Waals surface area contributed by atoms with Crippen LogP contribution in [0.25, 0.3) is 0 Å². The molecule has 25 heavy (non-hydrogen) atoms. The average Bonchev–Trinajstić information content (AvgIpc) is 2.62. The summed E-state index contributed by atoms with van der Waals surface area (Å²) >= 11 is 0. The van der Waals surface area contributed by atoms with Crippen molar-refractivity contribution in [1.82, 2.24) is 20.2 Å². The van der Waals surface area contributed by atoms with E-state index in [1.54, 1.807) is 24.1 Å². The summed E-state index contributed by atoms with van der Waals surface area (Å²) in [6.07, 6.45) is 1.65. The molecule has 7 heteroatoms. The number of hydrogen-bond donors (Lipinski definition) is 1. The Morgan fingerprint density at radius 1 is 1.32 bits per heavy atom. The summed E-state index contributed by atoms with van der Waals surface area (Å²) in [5, 5.41) is 2.83. The molecule has 1 atom stereocenters. The minimum absolute atomic E-state index is 0.00170.